The molecule has 0 aromatic carbocycles. The van der Waals surface area contributed by atoms with Gasteiger partial charge < -0.3 is 10.0 Å². The zero-order valence-corrected chi connectivity index (χ0v) is 13.9. The van der Waals surface area contributed by atoms with Crippen molar-refractivity contribution < 1.29 is 14.7 Å². The van der Waals surface area contributed by atoms with Crippen LogP contribution < -0.4 is 0 Å². The van der Waals surface area contributed by atoms with E-state index in [0.717, 1.165) is 5.69 Å². The van der Waals surface area contributed by atoms with Crippen LogP contribution in [0.3, 0.4) is 0 Å². The molecule has 0 fully saturated rings. The molecule has 23 heavy (non-hydrogen) atoms. The number of carbonyl (C=O) groups excluding carboxylic acids is 1. The summed E-state index contributed by atoms with van der Waals surface area (Å²) < 4.78 is 2.96. The van der Waals surface area contributed by atoms with E-state index in [4.69, 9.17) is 16.7 Å². The first-order valence-electron chi connectivity index (χ1n) is 7.08. The molecule has 1 atom stereocenters. The summed E-state index contributed by atoms with van der Waals surface area (Å²) in [5, 5.41) is 17.6. The van der Waals surface area contributed by atoms with Crippen LogP contribution in [-0.2, 0) is 17.9 Å². The molecule has 0 radical (unpaired) electrons. The highest BCUT2D eigenvalue weighted by molar-refractivity contribution is 6.31. The van der Waals surface area contributed by atoms with Gasteiger partial charge in [0.15, 0.2) is 0 Å². The minimum atomic E-state index is -1.01. The molecule has 1 N–H and O–H groups in total. The predicted octanol–water partition coefficient (Wildman–Crippen LogP) is 1.67. The number of carboxylic acid groups (broad SMARTS) is 1. The van der Waals surface area contributed by atoms with Gasteiger partial charge in [0.05, 0.1) is 23.5 Å². The largest absolute Gasteiger partial charge is 0.480 e. The third-order valence-electron chi connectivity index (χ3n) is 3.51. The van der Waals surface area contributed by atoms with Gasteiger partial charge in [0.2, 0.25) is 0 Å². The summed E-state index contributed by atoms with van der Waals surface area (Å²) in [5.74, 6) is -1.33. The second-order valence-electron chi connectivity index (χ2n) is 5.11. The maximum absolute atomic E-state index is 12.4. The van der Waals surface area contributed by atoms with E-state index < -0.39 is 12.0 Å². The molecule has 0 aliphatic carbocycles. The Balaban J connectivity index is 2.14. The fraction of sp³-hybridized carbons (Fsp3) is 0.429. The third-order valence-corrected chi connectivity index (χ3v) is 3.83. The Kier molecular flexibility index (Phi) is 5.05. The number of hydrogen-bond donors (Lipinski definition) is 1. The van der Waals surface area contributed by atoms with Crippen LogP contribution in [0.15, 0.2) is 18.5 Å². The highest BCUT2D eigenvalue weighted by atomic mass is 35.5. The van der Waals surface area contributed by atoms with Crippen molar-refractivity contribution in [3.63, 3.8) is 0 Å². The van der Waals surface area contributed by atoms with Crippen molar-refractivity contribution in [1.82, 2.24) is 24.5 Å². The second-order valence-corrected chi connectivity index (χ2v) is 5.52. The molecule has 0 bridgehead atoms. The molecule has 2 heterocycles. The van der Waals surface area contributed by atoms with Gasteiger partial charge in [0.1, 0.15) is 11.7 Å². The number of halogens is 1. The van der Waals surface area contributed by atoms with Gasteiger partial charge in [-0.15, -0.1) is 0 Å². The maximum Gasteiger partial charge on any atom is 0.328 e. The van der Waals surface area contributed by atoms with Crippen molar-refractivity contribution >= 4 is 23.5 Å². The monoisotopic (exact) mass is 339 g/mol. The molecule has 124 valence electrons. The lowest BCUT2D eigenvalue weighted by atomic mass is 10.3. The SMILES string of the molecule is CCn1ncc(Cl)c1CN(C)C(=O)c1ccn(C(C)C(=O)O)n1. The molecule has 0 saturated carbocycles. The molecular weight excluding hydrogens is 322 g/mol. The number of hydrogen-bond acceptors (Lipinski definition) is 4. The molecule has 1 unspecified atom stereocenters. The molecule has 2 rings (SSSR count). The molecule has 2 aromatic heterocycles. The van der Waals surface area contributed by atoms with Crippen molar-refractivity contribution in [2.45, 2.75) is 33.0 Å². The van der Waals surface area contributed by atoms with Gasteiger partial charge in [0.25, 0.3) is 5.91 Å². The van der Waals surface area contributed by atoms with Crippen LogP contribution in [-0.4, -0.2) is 48.5 Å². The quantitative estimate of drug-likeness (QED) is 0.864. The fourth-order valence-corrected chi connectivity index (χ4v) is 2.29. The first kappa shape index (κ1) is 17.0. The molecular formula is C14H18ClN5O3. The van der Waals surface area contributed by atoms with Crippen LogP contribution in [0.2, 0.25) is 5.02 Å². The standard InChI is InChI=1S/C14H18ClN5O3/c1-4-19-12(10(15)7-16-19)8-18(3)13(21)11-5-6-20(17-11)9(2)14(22)23/h5-7,9H,4,8H2,1-3H3,(H,22,23). The van der Waals surface area contributed by atoms with Gasteiger partial charge in [-0.25, -0.2) is 4.79 Å². The van der Waals surface area contributed by atoms with E-state index in [0.29, 0.717) is 11.6 Å². The normalized spacial score (nSPS) is 12.2. The molecule has 0 spiro atoms. The van der Waals surface area contributed by atoms with E-state index in [1.165, 1.54) is 28.8 Å². The van der Waals surface area contributed by atoms with E-state index in [9.17, 15) is 9.59 Å². The van der Waals surface area contributed by atoms with E-state index in [1.54, 1.807) is 17.9 Å². The van der Waals surface area contributed by atoms with E-state index >= 15 is 0 Å². The van der Waals surface area contributed by atoms with Crippen LogP contribution in [0.25, 0.3) is 0 Å². The van der Waals surface area contributed by atoms with Crippen molar-refractivity contribution in [2.24, 2.45) is 0 Å². The van der Waals surface area contributed by atoms with Crippen LogP contribution in [0, 0.1) is 0 Å². The average Bonchev–Trinajstić information content (AvgIpc) is 3.13. The zero-order valence-electron chi connectivity index (χ0n) is 13.1. The first-order chi connectivity index (χ1) is 10.8. The molecule has 0 aliphatic rings. The molecule has 0 aliphatic heterocycles. The Bertz CT molecular complexity index is 724. The fourth-order valence-electron chi connectivity index (χ4n) is 2.09. The summed E-state index contributed by atoms with van der Waals surface area (Å²) in [6.07, 6.45) is 3.02. The van der Waals surface area contributed by atoms with Crippen molar-refractivity contribution in [3.8, 4) is 0 Å². The smallest absolute Gasteiger partial charge is 0.328 e. The Morgan fingerprint density at radius 2 is 2.17 bits per heavy atom. The lowest BCUT2D eigenvalue weighted by molar-refractivity contribution is -0.140. The highest BCUT2D eigenvalue weighted by Gasteiger charge is 2.21. The summed E-state index contributed by atoms with van der Waals surface area (Å²) in [4.78, 5) is 24.8. The Hall–Kier alpha value is -2.35. The number of aryl methyl sites for hydroxylation is 1. The van der Waals surface area contributed by atoms with Gasteiger partial charge in [-0.2, -0.15) is 10.2 Å². The average molecular weight is 340 g/mol. The van der Waals surface area contributed by atoms with Crippen molar-refractivity contribution in [2.75, 3.05) is 7.05 Å². The number of nitrogens with zero attached hydrogens (tertiary/aromatic N) is 5. The van der Waals surface area contributed by atoms with Gasteiger partial charge in [-0.1, -0.05) is 11.6 Å². The summed E-state index contributed by atoms with van der Waals surface area (Å²) >= 11 is 6.09. The Labute approximate surface area is 138 Å². The second kappa shape index (κ2) is 6.82. The van der Waals surface area contributed by atoms with Crippen LogP contribution in [0.5, 0.6) is 0 Å². The number of aromatic nitrogens is 4. The van der Waals surface area contributed by atoms with Gasteiger partial charge in [-0.3, -0.25) is 14.2 Å². The lowest BCUT2D eigenvalue weighted by Crippen LogP contribution is -2.28. The number of amides is 1. The van der Waals surface area contributed by atoms with E-state index in [1.807, 2.05) is 6.92 Å². The lowest BCUT2D eigenvalue weighted by Gasteiger charge is -2.17. The number of aliphatic carboxylic acids is 1. The van der Waals surface area contributed by atoms with Crippen LogP contribution in [0.4, 0.5) is 0 Å². The summed E-state index contributed by atoms with van der Waals surface area (Å²) in [5.41, 5.74) is 0.919. The number of carbonyl (C=O) groups is 2. The van der Waals surface area contributed by atoms with E-state index in [-0.39, 0.29) is 18.1 Å². The van der Waals surface area contributed by atoms with E-state index in [2.05, 4.69) is 10.2 Å². The third kappa shape index (κ3) is 3.53. The summed E-state index contributed by atoms with van der Waals surface area (Å²) in [6, 6.07) is 0.662. The topological polar surface area (TPSA) is 93.2 Å². The van der Waals surface area contributed by atoms with Gasteiger partial charge in [0, 0.05) is 19.8 Å². The van der Waals surface area contributed by atoms with Crippen molar-refractivity contribution in [1.29, 1.82) is 0 Å². The molecule has 0 saturated heterocycles. The molecule has 1 amide bonds. The minimum absolute atomic E-state index is 0.180. The Morgan fingerprint density at radius 1 is 1.48 bits per heavy atom. The summed E-state index contributed by atoms with van der Waals surface area (Å²) in [7, 11) is 1.63. The van der Waals surface area contributed by atoms with Gasteiger partial charge >= 0.3 is 5.97 Å². The number of carboxylic acids is 1. The highest BCUT2D eigenvalue weighted by Crippen LogP contribution is 2.17. The zero-order chi connectivity index (χ0) is 17.1. The Morgan fingerprint density at radius 3 is 2.78 bits per heavy atom. The van der Waals surface area contributed by atoms with Crippen LogP contribution in [0.1, 0.15) is 36.1 Å². The molecule has 8 nitrogen and oxygen atoms in total. The molecule has 9 heteroatoms. The van der Waals surface area contributed by atoms with Crippen LogP contribution >= 0.6 is 11.6 Å². The maximum atomic E-state index is 12.4. The van der Waals surface area contributed by atoms with Crippen molar-refractivity contribution in [3.05, 3.63) is 34.9 Å². The predicted molar refractivity (Wildman–Crippen MR) is 83.3 cm³/mol. The number of rotatable bonds is 6. The minimum Gasteiger partial charge on any atom is -0.480 e. The molecule has 2 aromatic rings. The van der Waals surface area contributed by atoms with Gasteiger partial charge in [-0.05, 0) is 19.9 Å². The summed E-state index contributed by atoms with van der Waals surface area (Å²) in [6.45, 7) is 4.36. The first-order valence-corrected chi connectivity index (χ1v) is 7.46.